The van der Waals surface area contributed by atoms with Crippen LogP contribution in [0.15, 0.2) is 22.7 Å². The Bertz CT molecular complexity index is 286. The summed E-state index contributed by atoms with van der Waals surface area (Å²) in [5.74, 6) is 0. The van der Waals surface area contributed by atoms with Gasteiger partial charge in [-0.1, -0.05) is 28.1 Å². The minimum absolute atomic E-state index is 0.271. The molecule has 0 aromatic heterocycles. The van der Waals surface area contributed by atoms with Crippen LogP contribution in [0.3, 0.4) is 0 Å². The molecular formula is C10H14BrN. The second-order valence-electron chi connectivity index (χ2n) is 3.70. The Balaban J connectivity index is 3.19. The van der Waals surface area contributed by atoms with Gasteiger partial charge in [0.25, 0.3) is 0 Å². The molecule has 0 spiro atoms. The van der Waals surface area contributed by atoms with Gasteiger partial charge in [0.05, 0.1) is 0 Å². The van der Waals surface area contributed by atoms with E-state index in [0.717, 1.165) is 10.0 Å². The molecule has 1 aromatic carbocycles. The molecule has 0 saturated carbocycles. The molecular weight excluding hydrogens is 214 g/mol. The Morgan fingerprint density at radius 3 is 2.33 bits per heavy atom. The van der Waals surface area contributed by atoms with Crippen molar-refractivity contribution in [3.8, 4) is 0 Å². The molecule has 0 amide bonds. The van der Waals surface area contributed by atoms with Crippen molar-refractivity contribution in [1.29, 1.82) is 0 Å². The summed E-state index contributed by atoms with van der Waals surface area (Å²) in [4.78, 5) is 0. The van der Waals surface area contributed by atoms with Crippen LogP contribution < -0.4 is 5.73 Å². The lowest BCUT2D eigenvalue weighted by molar-refractivity contribution is 0.551. The van der Waals surface area contributed by atoms with E-state index in [4.69, 9.17) is 5.73 Å². The minimum atomic E-state index is -0.271. The van der Waals surface area contributed by atoms with Crippen LogP contribution in [-0.4, -0.2) is 0 Å². The average molecular weight is 228 g/mol. The largest absolute Gasteiger partial charge is 0.322 e. The minimum Gasteiger partial charge on any atom is -0.322 e. The van der Waals surface area contributed by atoms with Crippen LogP contribution in [0.4, 0.5) is 0 Å². The average Bonchev–Trinajstić information content (AvgIpc) is 1.83. The van der Waals surface area contributed by atoms with E-state index in [2.05, 4.69) is 41.1 Å². The molecule has 1 aromatic rings. The fourth-order valence-electron chi connectivity index (χ4n) is 1.14. The molecule has 1 nitrogen and oxygen atoms in total. The van der Waals surface area contributed by atoms with Gasteiger partial charge in [-0.05, 0) is 38.0 Å². The molecule has 0 aliphatic heterocycles. The van der Waals surface area contributed by atoms with Gasteiger partial charge >= 0.3 is 0 Å². The van der Waals surface area contributed by atoms with Gasteiger partial charge in [0.15, 0.2) is 0 Å². The van der Waals surface area contributed by atoms with Gasteiger partial charge in [0, 0.05) is 10.0 Å². The van der Waals surface area contributed by atoms with Crippen molar-refractivity contribution in [3.05, 3.63) is 33.8 Å². The van der Waals surface area contributed by atoms with Crippen molar-refractivity contribution < 1.29 is 0 Å². The summed E-state index contributed by atoms with van der Waals surface area (Å²) in [7, 11) is 0. The van der Waals surface area contributed by atoms with Crippen LogP contribution in [0, 0.1) is 6.92 Å². The zero-order valence-corrected chi connectivity index (χ0v) is 9.27. The van der Waals surface area contributed by atoms with E-state index in [9.17, 15) is 0 Å². The molecule has 66 valence electrons. The van der Waals surface area contributed by atoms with Gasteiger partial charge in [-0.25, -0.2) is 0 Å². The first-order chi connectivity index (χ1) is 5.41. The summed E-state index contributed by atoms with van der Waals surface area (Å²) < 4.78 is 1.09. The first-order valence-electron chi connectivity index (χ1n) is 3.97. The number of benzene rings is 1. The van der Waals surface area contributed by atoms with Crippen molar-refractivity contribution in [2.45, 2.75) is 26.3 Å². The van der Waals surface area contributed by atoms with Gasteiger partial charge in [-0.3, -0.25) is 0 Å². The van der Waals surface area contributed by atoms with Crippen LogP contribution >= 0.6 is 15.9 Å². The molecule has 0 fully saturated rings. The van der Waals surface area contributed by atoms with Crippen LogP contribution in [0.25, 0.3) is 0 Å². The second-order valence-corrected chi connectivity index (χ2v) is 4.56. The molecule has 0 radical (unpaired) electrons. The molecule has 2 N–H and O–H groups in total. The normalized spacial score (nSPS) is 11.8. The maximum atomic E-state index is 5.98. The van der Waals surface area contributed by atoms with Crippen molar-refractivity contribution in [3.63, 3.8) is 0 Å². The van der Waals surface area contributed by atoms with Crippen LogP contribution in [-0.2, 0) is 5.54 Å². The molecule has 1 rings (SSSR count). The predicted octanol–water partition coefficient (Wildman–Crippen LogP) is 2.95. The third-order valence-corrected chi connectivity index (χ3v) is 2.47. The SMILES string of the molecule is Cc1ccc(C(C)(C)N)c(Br)c1. The number of hydrogen-bond acceptors (Lipinski definition) is 1. The van der Waals surface area contributed by atoms with E-state index in [1.165, 1.54) is 5.56 Å². The molecule has 0 atom stereocenters. The first-order valence-corrected chi connectivity index (χ1v) is 4.76. The van der Waals surface area contributed by atoms with Crippen LogP contribution in [0.1, 0.15) is 25.0 Å². The zero-order valence-electron chi connectivity index (χ0n) is 7.69. The number of halogens is 1. The summed E-state index contributed by atoms with van der Waals surface area (Å²) in [6.45, 7) is 6.07. The summed E-state index contributed by atoms with van der Waals surface area (Å²) in [6.07, 6.45) is 0. The van der Waals surface area contributed by atoms with Crippen LogP contribution in [0.2, 0.25) is 0 Å². The van der Waals surface area contributed by atoms with E-state index in [0.29, 0.717) is 0 Å². The Hall–Kier alpha value is -0.340. The fraction of sp³-hybridized carbons (Fsp3) is 0.400. The Labute approximate surface area is 82.1 Å². The highest BCUT2D eigenvalue weighted by Gasteiger charge is 2.16. The monoisotopic (exact) mass is 227 g/mol. The quantitative estimate of drug-likeness (QED) is 0.785. The highest BCUT2D eigenvalue weighted by Crippen LogP contribution is 2.26. The molecule has 0 aliphatic rings. The summed E-state index contributed by atoms with van der Waals surface area (Å²) in [5, 5.41) is 0. The van der Waals surface area contributed by atoms with E-state index in [-0.39, 0.29) is 5.54 Å². The van der Waals surface area contributed by atoms with Crippen molar-refractivity contribution in [2.24, 2.45) is 5.73 Å². The molecule has 0 bridgehead atoms. The molecule has 0 heterocycles. The molecule has 12 heavy (non-hydrogen) atoms. The van der Waals surface area contributed by atoms with Gasteiger partial charge in [0.1, 0.15) is 0 Å². The Kier molecular flexibility index (Phi) is 2.59. The van der Waals surface area contributed by atoms with Crippen molar-refractivity contribution in [2.75, 3.05) is 0 Å². The smallest absolute Gasteiger partial charge is 0.0363 e. The highest BCUT2D eigenvalue weighted by molar-refractivity contribution is 9.10. The van der Waals surface area contributed by atoms with E-state index < -0.39 is 0 Å². The van der Waals surface area contributed by atoms with Gasteiger partial charge in [-0.2, -0.15) is 0 Å². The lowest BCUT2D eigenvalue weighted by Crippen LogP contribution is -2.29. The number of rotatable bonds is 1. The first kappa shape index (κ1) is 9.75. The van der Waals surface area contributed by atoms with E-state index in [1.807, 2.05) is 13.8 Å². The summed E-state index contributed by atoms with van der Waals surface area (Å²) in [6, 6.07) is 6.23. The zero-order chi connectivity index (χ0) is 9.35. The lowest BCUT2D eigenvalue weighted by Gasteiger charge is -2.20. The van der Waals surface area contributed by atoms with E-state index in [1.54, 1.807) is 0 Å². The maximum Gasteiger partial charge on any atom is 0.0363 e. The Morgan fingerprint density at radius 2 is 1.92 bits per heavy atom. The molecule has 0 saturated heterocycles. The van der Waals surface area contributed by atoms with Crippen LogP contribution in [0.5, 0.6) is 0 Å². The fourth-order valence-corrected chi connectivity index (χ4v) is 2.15. The summed E-state index contributed by atoms with van der Waals surface area (Å²) in [5.41, 5.74) is 8.10. The second kappa shape index (κ2) is 3.19. The predicted molar refractivity (Wildman–Crippen MR) is 56.1 cm³/mol. The highest BCUT2D eigenvalue weighted by atomic mass is 79.9. The third kappa shape index (κ3) is 2.08. The van der Waals surface area contributed by atoms with Crippen molar-refractivity contribution >= 4 is 15.9 Å². The van der Waals surface area contributed by atoms with Gasteiger partial charge in [0.2, 0.25) is 0 Å². The van der Waals surface area contributed by atoms with Gasteiger partial charge < -0.3 is 5.73 Å². The molecule has 0 aliphatic carbocycles. The molecule has 2 heteroatoms. The summed E-state index contributed by atoms with van der Waals surface area (Å²) >= 11 is 3.50. The number of aryl methyl sites for hydroxylation is 1. The third-order valence-electron chi connectivity index (χ3n) is 1.82. The molecule has 0 unspecified atom stereocenters. The maximum absolute atomic E-state index is 5.98. The van der Waals surface area contributed by atoms with Gasteiger partial charge in [-0.15, -0.1) is 0 Å². The number of hydrogen-bond donors (Lipinski definition) is 1. The number of nitrogens with two attached hydrogens (primary N) is 1. The topological polar surface area (TPSA) is 26.0 Å². The van der Waals surface area contributed by atoms with Crippen molar-refractivity contribution in [1.82, 2.24) is 0 Å². The van der Waals surface area contributed by atoms with E-state index >= 15 is 0 Å². The lowest BCUT2D eigenvalue weighted by atomic mass is 9.95. The Morgan fingerprint density at radius 1 is 1.33 bits per heavy atom. The standard InChI is InChI=1S/C10H14BrN/c1-7-4-5-8(9(11)6-7)10(2,3)12/h4-6H,12H2,1-3H3.